The molecular weight excluding hydrogens is 305 g/mol. The molecule has 0 aliphatic heterocycles. The van der Waals surface area contributed by atoms with Crippen molar-refractivity contribution in [2.75, 3.05) is 0 Å². The van der Waals surface area contributed by atoms with Gasteiger partial charge in [-0.2, -0.15) is 0 Å². The number of amides is 1. The normalized spacial score (nSPS) is 20.1. The number of aryl methyl sites for hydroxylation is 1. The summed E-state index contributed by atoms with van der Waals surface area (Å²) in [4.78, 5) is 12.4. The van der Waals surface area contributed by atoms with Gasteiger partial charge in [0.15, 0.2) is 0 Å². The lowest BCUT2D eigenvalue weighted by Crippen LogP contribution is -2.31. The lowest BCUT2D eigenvalue weighted by molar-refractivity contribution is 0.0937. The first-order valence-electron chi connectivity index (χ1n) is 6.84. The minimum atomic E-state index is -0.158. The van der Waals surface area contributed by atoms with Crippen LogP contribution in [-0.4, -0.2) is 11.3 Å². The zero-order chi connectivity index (χ0) is 15.0. The van der Waals surface area contributed by atoms with Gasteiger partial charge in [-0.25, -0.2) is 0 Å². The Hall–Kier alpha value is -1.51. The molecule has 0 heterocycles. The average Bonchev–Trinajstić information content (AvgIpc) is 2.74. The van der Waals surface area contributed by atoms with E-state index in [4.69, 9.17) is 23.2 Å². The number of fused-ring (bicyclic) bond motifs is 1. The molecule has 0 fully saturated rings. The highest BCUT2D eigenvalue weighted by Crippen LogP contribution is 2.34. The summed E-state index contributed by atoms with van der Waals surface area (Å²) < 4.78 is 0. The van der Waals surface area contributed by atoms with E-state index in [9.17, 15) is 4.79 Å². The summed E-state index contributed by atoms with van der Waals surface area (Å²) in [6, 6.07) is 13.2. The maximum absolute atomic E-state index is 12.4. The Kier molecular flexibility index (Phi) is 3.92. The van der Waals surface area contributed by atoms with Crippen molar-refractivity contribution >= 4 is 29.1 Å². The molecule has 108 valence electrons. The van der Waals surface area contributed by atoms with E-state index in [1.54, 1.807) is 6.07 Å². The first kappa shape index (κ1) is 14.4. The highest BCUT2D eigenvalue weighted by atomic mass is 35.5. The number of alkyl halides is 1. The van der Waals surface area contributed by atoms with Gasteiger partial charge < -0.3 is 5.32 Å². The molecule has 2 atom stereocenters. The second-order valence-electron chi connectivity index (χ2n) is 5.39. The van der Waals surface area contributed by atoms with Crippen molar-refractivity contribution in [2.24, 2.45) is 0 Å². The summed E-state index contributed by atoms with van der Waals surface area (Å²) in [6.45, 7) is 1.91. The molecule has 4 heteroatoms. The van der Waals surface area contributed by atoms with Crippen molar-refractivity contribution in [3.63, 3.8) is 0 Å². The van der Waals surface area contributed by atoms with E-state index in [1.807, 2.05) is 37.3 Å². The molecule has 21 heavy (non-hydrogen) atoms. The maximum Gasteiger partial charge on any atom is 0.251 e. The first-order valence-corrected chi connectivity index (χ1v) is 7.66. The average molecular weight is 320 g/mol. The van der Waals surface area contributed by atoms with Crippen molar-refractivity contribution in [3.8, 4) is 0 Å². The monoisotopic (exact) mass is 319 g/mol. The Bertz CT molecular complexity index is 679. The van der Waals surface area contributed by atoms with Crippen molar-refractivity contribution in [2.45, 2.75) is 24.8 Å². The summed E-state index contributed by atoms with van der Waals surface area (Å²) in [5.41, 5.74) is 3.82. The summed E-state index contributed by atoms with van der Waals surface area (Å²) in [7, 11) is 0. The standard InChI is InChI=1S/C17H15Cl2NO/c1-10-6-12(8-13(18)7-10)17(21)20-16-14-5-3-2-4-11(14)9-15(16)19/h2-8,15-16H,9H2,1H3,(H,20,21). The number of rotatable bonds is 2. The Morgan fingerprint density at radius 3 is 2.76 bits per heavy atom. The molecule has 1 amide bonds. The number of carbonyl (C=O) groups is 1. The molecular formula is C17H15Cl2NO. The maximum atomic E-state index is 12.4. The minimum Gasteiger partial charge on any atom is -0.344 e. The van der Waals surface area contributed by atoms with Crippen LogP contribution < -0.4 is 5.32 Å². The third-order valence-corrected chi connectivity index (χ3v) is 4.38. The Morgan fingerprint density at radius 1 is 1.24 bits per heavy atom. The van der Waals surface area contributed by atoms with Crippen LogP contribution in [0.15, 0.2) is 42.5 Å². The molecule has 1 N–H and O–H groups in total. The third kappa shape index (κ3) is 2.92. The predicted octanol–water partition coefficient (Wildman–Crippen LogP) is 4.28. The van der Waals surface area contributed by atoms with Gasteiger partial charge >= 0.3 is 0 Å². The SMILES string of the molecule is Cc1cc(Cl)cc(C(=O)NC2c3ccccc3CC2Cl)c1. The topological polar surface area (TPSA) is 29.1 Å². The summed E-state index contributed by atoms with van der Waals surface area (Å²) >= 11 is 12.4. The van der Waals surface area contributed by atoms with Gasteiger partial charge in [0.25, 0.3) is 5.91 Å². The molecule has 0 saturated heterocycles. The molecule has 2 aromatic rings. The van der Waals surface area contributed by atoms with Gasteiger partial charge in [0.1, 0.15) is 0 Å². The molecule has 2 unspecified atom stereocenters. The molecule has 3 rings (SSSR count). The molecule has 0 saturated carbocycles. The van der Waals surface area contributed by atoms with Crippen LogP contribution in [0.5, 0.6) is 0 Å². The van der Waals surface area contributed by atoms with Gasteiger partial charge in [-0.15, -0.1) is 11.6 Å². The van der Waals surface area contributed by atoms with Crippen LogP contribution in [0.1, 0.15) is 33.1 Å². The van der Waals surface area contributed by atoms with Gasteiger partial charge in [0.2, 0.25) is 0 Å². The van der Waals surface area contributed by atoms with Crippen molar-refractivity contribution in [1.82, 2.24) is 5.32 Å². The molecule has 2 nitrogen and oxygen atoms in total. The zero-order valence-electron chi connectivity index (χ0n) is 11.6. The zero-order valence-corrected chi connectivity index (χ0v) is 13.1. The highest BCUT2D eigenvalue weighted by molar-refractivity contribution is 6.31. The van der Waals surface area contributed by atoms with Gasteiger partial charge in [0, 0.05) is 10.6 Å². The molecule has 0 bridgehead atoms. The van der Waals surface area contributed by atoms with Gasteiger partial charge in [0.05, 0.1) is 11.4 Å². The predicted molar refractivity (Wildman–Crippen MR) is 86.2 cm³/mol. The highest BCUT2D eigenvalue weighted by Gasteiger charge is 2.32. The summed E-state index contributed by atoms with van der Waals surface area (Å²) in [6.07, 6.45) is 0.775. The van der Waals surface area contributed by atoms with Crippen LogP contribution in [-0.2, 0) is 6.42 Å². The summed E-state index contributed by atoms with van der Waals surface area (Å²) in [5.74, 6) is -0.145. The smallest absolute Gasteiger partial charge is 0.251 e. The minimum absolute atomic E-state index is 0.119. The van der Waals surface area contributed by atoms with E-state index in [0.717, 1.165) is 17.5 Å². The lowest BCUT2D eigenvalue weighted by Gasteiger charge is -2.17. The fraction of sp³-hybridized carbons (Fsp3) is 0.235. The largest absolute Gasteiger partial charge is 0.344 e. The molecule has 2 aromatic carbocycles. The van der Waals surface area contributed by atoms with E-state index in [2.05, 4.69) is 11.4 Å². The van der Waals surface area contributed by atoms with Crippen LogP contribution in [0, 0.1) is 6.92 Å². The number of nitrogens with one attached hydrogen (secondary N) is 1. The number of carbonyl (C=O) groups excluding carboxylic acids is 1. The molecule has 0 spiro atoms. The molecule has 1 aliphatic carbocycles. The number of benzene rings is 2. The van der Waals surface area contributed by atoms with E-state index < -0.39 is 0 Å². The second-order valence-corrected chi connectivity index (χ2v) is 6.38. The van der Waals surface area contributed by atoms with Crippen LogP contribution in [0.2, 0.25) is 5.02 Å². The van der Waals surface area contributed by atoms with E-state index >= 15 is 0 Å². The van der Waals surface area contributed by atoms with Crippen molar-refractivity contribution < 1.29 is 4.79 Å². The van der Waals surface area contributed by atoms with E-state index in [0.29, 0.717) is 10.6 Å². The number of hydrogen-bond acceptors (Lipinski definition) is 1. The van der Waals surface area contributed by atoms with E-state index in [1.165, 1.54) is 5.56 Å². The first-order chi connectivity index (χ1) is 10.0. The Morgan fingerprint density at radius 2 is 2.00 bits per heavy atom. The second kappa shape index (κ2) is 5.70. The molecule has 0 aromatic heterocycles. The van der Waals surface area contributed by atoms with Crippen LogP contribution in [0.25, 0.3) is 0 Å². The molecule has 0 radical (unpaired) electrons. The van der Waals surface area contributed by atoms with Crippen molar-refractivity contribution in [3.05, 3.63) is 69.7 Å². The number of halogens is 2. The third-order valence-electron chi connectivity index (χ3n) is 3.76. The lowest BCUT2D eigenvalue weighted by atomic mass is 10.1. The summed E-state index contributed by atoms with van der Waals surface area (Å²) in [5, 5.41) is 3.47. The van der Waals surface area contributed by atoms with Crippen molar-refractivity contribution in [1.29, 1.82) is 0 Å². The fourth-order valence-corrected chi connectivity index (χ4v) is 3.46. The Labute approximate surface area is 134 Å². The number of hydrogen-bond donors (Lipinski definition) is 1. The quantitative estimate of drug-likeness (QED) is 0.822. The van der Waals surface area contributed by atoms with Gasteiger partial charge in [-0.1, -0.05) is 35.9 Å². The van der Waals surface area contributed by atoms with Gasteiger partial charge in [-0.05, 0) is 48.2 Å². The molecule has 1 aliphatic rings. The van der Waals surface area contributed by atoms with Crippen LogP contribution in [0.3, 0.4) is 0 Å². The van der Waals surface area contributed by atoms with Gasteiger partial charge in [-0.3, -0.25) is 4.79 Å². The van der Waals surface area contributed by atoms with Crippen LogP contribution in [0.4, 0.5) is 0 Å². The Balaban J connectivity index is 1.85. The van der Waals surface area contributed by atoms with E-state index in [-0.39, 0.29) is 17.3 Å². The van der Waals surface area contributed by atoms with Crippen LogP contribution >= 0.6 is 23.2 Å². The fourth-order valence-electron chi connectivity index (χ4n) is 2.81.